The summed E-state index contributed by atoms with van der Waals surface area (Å²) in [5, 5.41) is 10.1. The molecule has 0 spiro atoms. The van der Waals surface area contributed by atoms with Crippen molar-refractivity contribution in [3.63, 3.8) is 0 Å². The minimum absolute atomic E-state index is 0.0780. The molecule has 0 amide bonds. The molecule has 103 heavy (non-hydrogen) atoms. The molecule has 4 nitrogen and oxygen atoms in total. The third kappa shape index (κ3) is 9.82. The molecule has 4 heterocycles. The Labute approximate surface area is 597 Å². The molecule has 0 unspecified atom stereocenters. The van der Waals surface area contributed by atoms with Gasteiger partial charge in [0.15, 0.2) is 0 Å². The van der Waals surface area contributed by atoms with Crippen LogP contribution in [0.2, 0.25) is 0 Å². The van der Waals surface area contributed by atoms with Crippen LogP contribution in [0.3, 0.4) is 0 Å². The van der Waals surface area contributed by atoms with E-state index >= 15 is 0 Å². The normalized spacial score (nSPS) is 12.4. The number of aromatic nitrogens is 4. The summed E-state index contributed by atoms with van der Waals surface area (Å²) in [6, 6.07) is 138. The Hall–Kier alpha value is -13.3. The van der Waals surface area contributed by atoms with E-state index in [0.717, 1.165) is 5.69 Å². The van der Waals surface area contributed by atoms with E-state index < -0.39 is 0 Å². The van der Waals surface area contributed by atoms with Gasteiger partial charge >= 0.3 is 0 Å². The van der Waals surface area contributed by atoms with Gasteiger partial charge in [0.25, 0.3) is 0 Å². The Morgan fingerprint density at radius 3 is 0.961 bits per heavy atom. The number of benzene rings is 16. The fourth-order valence-corrected chi connectivity index (χ4v) is 16.9. The molecule has 20 aromatic rings. The molecule has 0 saturated carbocycles. The van der Waals surface area contributed by atoms with Gasteiger partial charge in [-0.15, -0.1) is 0 Å². The minimum Gasteiger partial charge on any atom is -0.309 e. The first kappa shape index (κ1) is 59.7. The number of hydrogen-bond acceptors (Lipinski definition) is 0. The third-order valence-corrected chi connectivity index (χ3v) is 21.8. The first-order chi connectivity index (χ1) is 50.8. The molecule has 16 aromatic carbocycles. The van der Waals surface area contributed by atoms with Crippen molar-refractivity contribution in [2.75, 3.05) is 0 Å². The molecule has 0 fully saturated rings. The van der Waals surface area contributed by atoms with Crippen molar-refractivity contribution in [3.05, 3.63) is 387 Å². The number of nitrogens with zero attached hydrogens (tertiary/aromatic N) is 4. The van der Waals surface area contributed by atoms with Crippen molar-refractivity contribution in [1.82, 2.24) is 18.3 Å². The highest BCUT2D eigenvalue weighted by atomic mass is 15.0. The van der Waals surface area contributed by atoms with Crippen molar-refractivity contribution in [2.45, 2.75) is 19.3 Å². The van der Waals surface area contributed by atoms with Crippen LogP contribution in [0, 0.1) is 0 Å². The van der Waals surface area contributed by atoms with Crippen LogP contribution < -0.4 is 0 Å². The minimum atomic E-state index is -0.0780. The predicted octanol–water partition coefficient (Wildman–Crippen LogP) is 26.4. The van der Waals surface area contributed by atoms with Crippen molar-refractivity contribution in [3.8, 4) is 89.5 Å². The molecule has 484 valence electrons. The van der Waals surface area contributed by atoms with Crippen molar-refractivity contribution < 1.29 is 0 Å². The van der Waals surface area contributed by atoms with E-state index in [1.165, 1.54) is 182 Å². The number of hydrogen-bond donors (Lipinski definition) is 0. The Balaban J connectivity index is 0.000000138. The number of para-hydroxylation sites is 5. The lowest BCUT2D eigenvalue weighted by molar-refractivity contribution is 0.660. The lowest BCUT2D eigenvalue weighted by Crippen LogP contribution is -2.15. The topological polar surface area (TPSA) is 19.7 Å². The SMILES string of the molecule is CC1(C)c2ccccc2-c2ccc(-n3c4ccc(-c5ccc6c(c5)c5ccccc5n6-c5ccccc5)cc4c4ccc(-c5ccccc5)cc43)cc21.c1ccc(-c2ccc(-c3cccc(-n4c5ccccc5c5cc(-c6ccc7c(c6)c6ccccc6n7-c6ccccc6)ccc54)c3)cc2)cc1. The average molecular weight is 1310 g/mol. The molecule has 21 rings (SSSR count). The van der Waals surface area contributed by atoms with Gasteiger partial charge in [-0.2, -0.15) is 0 Å². The molecule has 4 aromatic heterocycles. The highest BCUT2D eigenvalue weighted by Crippen LogP contribution is 2.50. The van der Waals surface area contributed by atoms with Crippen molar-refractivity contribution in [1.29, 1.82) is 0 Å². The lowest BCUT2D eigenvalue weighted by Gasteiger charge is -2.22. The first-order valence-corrected chi connectivity index (χ1v) is 35.7. The van der Waals surface area contributed by atoms with Gasteiger partial charge in [-0.3, -0.25) is 0 Å². The van der Waals surface area contributed by atoms with E-state index in [1.54, 1.807) is 0 Å². The maximum absolute atomic E-state index is 2.48. The second-order valence-corrected chi connectivity index (χ2v) is 28.0. The molecule has 0 atom stereocenters. The van der Waals surface area contributed by atoms with Gasteiger partial charge in [0.2, 0.25) is 0 Å². The molecule has 0 saturated heterocycles. The van der Waals surface area contributed by atoms with Crippen LogP contribution in [0.15, 0.2) is 376 Å². The van der Waals surface area contributed by atoms with Crippen LogP contribution >= 0.6 is 0 Å². The predicted molar refractivity (Wildman–Crippen MR) is 435 cm³/mol. The standard InChI is InChI=1S/C51H36N2.C48H32N2/c1-51(2)45-19-11-9-17-39(45)40-26-24-38(32-46(40)51)53-49-28-23-35(30-44(49)42-25-21-36(31-50(42)53)33-13-5-3-6-14-33)34-22-27-48-43(29-34)41-18-10-12-20-47(41)52(48)37-15-7-4-8-16-37;1-3-12-33(13-4-1)34-22-24-35(25-23-34)36-14-11-17-40(30-36)50-46-21-10-8-19-42(46)44-32-38(27-29-48(44)50)37-26-28-47-43(31-37)41-18-7-9-20-45(41)49(47)39-15-5-2-6-16-39/h3-32H,1-2H3;1-32H. The van der Waals surface area contributed by atoms with Gasteiger partial charge in [0.1, 0.15) is 0 Å². The first-order valence-electron chi connectivity index (χ1n) is 35.7. The highest BCUT2D eigenvalue weighted by Gasteiger charge is 2.36. The van der Waals surface area contributed by atoms with Crippen LogP contribution in [0.5, 0.6) is 0 Å². The van der Waals surface area contributed by atoms with Gasteiger partial charge in [-0.1, -0.05) is 269 Å². The summed E-state index contributed by atoms with van der Waals surface area (Å²) in [6.45, 7) is 4.72. The van der Waals surface area contributed by atoms with Gasteiger partial charge in [0.05, 0.1) is 44.1 Å². The van der Waals surface area contributed by atoms with E-state index in [0.29, 0.717) is 0 Å². The molecule has 1 aliphatic rings. The van der Waals surface area contributed by atoms with Crippen LogP contribution in [-0.4, -0.2) is 18.3 Å². The van der Waals surface area contributed by atoms with E-state index in [2.05, 4.69) is 408 Å². The van der Waals surface area contributed by atoms with Gasteiger partial charge < -0.3 is 18.3 Å². The average Bonchev–Trinajstić information content (AvgIpc) is 1.57. The second kappa shape index (κ2) is 24.0. The molecule has 0 bridgehead atoms. The maximum atomic E-state index is 2.48. The number of rotatable bonds is 9. The van der Waals surface area contributed by atoms with E-state index in [-0.39, 0.29) is 5.41 Å². The summed E-state index contributed by atoms with van der Waals surface area (Å²) in [7, 11) is 0. The molecule has 1 aliphatic carbocycles. The monoisotopic (exact) mass is 1310 g/mol. The Morgan fingerprint density at radius 1 is 0.165 bits per heavy atom. The van der Waals surface area contributed by atoms with Crippen LogP contribution in [0.25, 0.3) is 177 Å². The number of fused-ring (bicyclic) bond motifs is 15. The summed E-state index contributed by atoms with van der Waals surface area (Å²) in [6.07, 6.45) is 0. The van der Waals surface area contributed by atoms with Gasteiger partial charge in [0, 0.05) is 71.3 Å². The quantitative estimate of drug-likeness (QED) is 0.137. The maximum Gasteiger partial charge on any atom is 0.0547 e. The molecule has 0 radical (unpaired) electrons. The highest BCUT2D eigenvalue weighted by molar-refractivity contribution is 6.15. The molecule has 4 heteroatoms. The van der Waals surface area contributed by atoms with Crippen LogP contribution in [0.1, 0.15) is 25.0 Å². The summed E-state index contributed by atoms with van der Waals surface area (Å²) >= 11 is 0. The largest absolute Gasteiger partial charge is 0.309 e. The molecule has 0 aliphatic heterocycles. The fourth-order valence-electron chi connectivity index (χ4n) is 16.9. The molecule has 0 N–H and O–H groups in total. The third-order valence-electron chi connectivity index (χ3n) is 21.8. The summed E-state index contributed by atoms with van der Waals surface area (Å²) < 4.78 is 9.65. The van der Waals surface area contributed by atoms with Gasteiger partial charge in [-0.25, -0.2) is 0 Å². The van der Waals surface area contributed by atoms with Crippen LogP contribution in [0.4, 0.5) is 0 Å². The molecular weight excluding hydrogens is 1250 g/mol. The zero-order chi connectivity index (χ0) is 68.3. The van der Waals surface area contributed by atoms with Crippen molar-refractivity contribution >= 4 is 87.2 Å². The van der Waals surface area contributed by atoms with E-state index in [4.69, 9.17) is 0 Å². The Kier molecular flexibility index (Phi) is 13.9. The summed E-state index contributed by atoms with van der Waals surface area (Å²) in [5.74, 6) is 0. The van der Waals surface area contributed by atoms with Crippen LogP contribution in [-0.2, 0) is 5.41 Å². The van der Waals surface area contributed by atoms with Gasteiger partial charge in [-0.05, 0) is 199 Å². The van der Waals surface area contributed by atoms with E-state index in [1.807, 2.05) is 0 Å². The fraction of sp³-hybridized carbons (Fsp3) is 0.0303. The summed E-state index contributed by atoms with van der Waals surface area (Å²) in [5.41, 5.74) is 32.0. The van der Waals surface area contributed by atoms with Crippen molar-refractivity contribution in [2.24, 2.45) is 0 Å². The zero-order valence-corrected chi connectivity index (χ0v) is 57.1. The summed E-state index contributed by atoms with van der Waals surface area (Å²) in [4.78, 5) is 0. The van der Waals surface area contributed by atoms with E-state index in [9.17, 15) is 0 Å². The Morgan fingerprint density at radius 2 is 0.466 bits per heavy atom. The molecular formula is C99H68N4. The lowest BCUT2D eigenvalue weighted by atomic mass is 9.82. The second-order valence-electron chi connectivity index (χ2n) is 28.0. The Bertz CT molecular complexity index is 6720. The smallest absolute Gasteiger partial charge is 0.0547 e. The zero-order valence-electron chi connectivity index (χ0n) is 57.1.